The average molecular weight is 332 g/mol. The Morgan fingerprint density at radius 2 is 2.09 bits per heavy atom. The van der Waals surface area contributed by atoms with Crippen molar-refractivity contribution in [2.75, 3.05) is 13.2 Å². The minimum atomic E-state index is -4.13. The molecule has 0 radical (unpaired) electrons. The number of hydrogen-bond acceptors (Lipinski definition) is 6. The molecule has 1 aromatic heterocycles. The van der Waals surface area contributed by atoms with Gasteiger partial charge < -0.3 is 10.1 Å². The lowest BCUT2D eigenvalue weighted by atomic mass is 10.3. The molecule has 0 fully saturated rings. The first-order valence-corrected chi connectivity index (χ1v) is 8.37. The fourth-order valence-corrected chi connectivity index (χ4v) is 2.67. The summed E-state index contributed by atoms with van der Waals surface area (Å²) < 4.78 is 30.8. The van der Waals surface area contributed by atoms with E-state index in [0.29, 0.717) is 6.54 Å². The normalized spacial score (nSPS) is 11.0. The summed E-state index contributed by atoms with van der Waals surface area (Å²) in [5, 5.41) is 7.98. The Kier molecular flexibility index (Phi) is 6.83. The van der Waals surface area contributed by atoms with Gasteiger partial charge in [-0.05, 0) is 13.3 Å². The molecule has 0 saturated carbocycles. The molecule has 1 heterocycles. The van der Waals surface area contributed by atoms with Gasteiger partial charge in [-0.1, -0.05) is 13.3 Å². The van der Waals surface area contributed by atoms with Crippen LogP contribution in [-0.2, 0) is 26.0 Å². The van der Waals surface area contributed by atoms with Crippen LogP contribution in [-0.4, -0.2) is 43.8 Å². The van der Waals surface area contributed by atoms with Gasteiger partial charge in [-0.15, -0.1) is 0 Å². The van der Waals surface area contributed by atoms with Gasteiger partial charge in [0.25, 0.3) is 10.0 Å². The number of ether oxygens (including phenoxy) is 1. The highest BCUT2D eigenvalue weighted by Gasteiger charge is 2.24. The third-order valence-corrected chi connectivity index (χ3v) is 3.97. The molecule has 0 aliphatic rings. The van der Waals surface area contributed by atoms with Crippen LogP contribution in [0.3, 0.4) is 0 Å². The van der Waals surface area contributed by atoms with Crippen molar-refractivity contribution >= 4 is 22.0 Å². The van der Waals surface area contributed by atoms with Gasteiger partial charge in [-0.2, -0.15) is 13.5 Å². The van der Waals surface area contributed by atoms with Crippen molar-refractivity contribution in [1.29, 1.82) is 0 Å². The Labute approximate surface area is 128 Å². The van der Waals surface area contributed by atoms with E-state index in [1.807, 2.05) is 11.6 Å². The molecule has 124 valence electrons. The lowest BCUT2D eigenvalue weighted by molar-refractivity contribution is -0.142. The molecule has 1 rings (SSSR count). The first-order valence-electron chi connectivity index (χ1n) is 6.89. The zero-order valence-corrected chi connectivity index (χ0v) is 13.3. The molecule has 0 atom stereocenters. The molecule has 9 nitrogen and oxygen atoms in total. The van der Waals surface area contributed by atoms with Crippen molar-refractivity contribution in [3.05, 3.63) is 11.8 Å². The van der Waals surface area contributed by atoms with E-state index in [9.17, 15) is 18.0 Å². The Bertz CT molecular complexity index is 611. The Morgan fingerprint density at radius 1 is 1.36 bits per heavy atom. The van der Waals surface area contributed by atoms with Crippen molar-refractivity contribution in [2.24, 2.45) is 0 Å². The van der Waals surface area contributed by atoms with Gasteiger partial charge in [0.2, 0.25) is 0 Å². The fraction of sp³-hybridized carbons (Fsp3) is 0.583. The number of sulfonamides is 1. The molecule has 0 spiro atoms. The SMILES string of the molecule is CCCCNC(=O)NS(=O)(=O)c1[nH]ncc1CC(=O)OCC. The Balaban J connectivity index is 2.75. The summed E-state index contributed by atoms with van der Waals surface area (Å²) in [4.78, 5) is 23.0. The topological polar surface area (TPSA) is 130 Å². The van der Waals surface area contributed by atoms with Crippen LogP contribution in [0.15, 0.2) is 11.2 Å². The van der Waals surface area contributed by atoms with Gasteiger partial charge >= 0.3 is 12.0 Å². The van der Waals surface area contributed by atoms with Crippen LogP contribution in [0, 0.1) is 0 Å². The third kappa shape index (κ3) is 5.35. The zero-order valence-electron chi connectivity index (χ0n) is 12.5. The highest BCUT2D eigenvalue weighted by molar-refractivity contribution is 7.90. The number of hydrogen-bond donors (Lipinski definition) is 3. The maximum absolute atomic E-state index is 12.1. The molecule has 0 aromatic carbocycles. The summed E-state index contributed by atoms with van der Waals surface area (Å²) in [7, 11) is -4.13. The van der Waals surface area contributed by atoms with E-state index >= 15 is 0 Å². The van der Waals surface area contributed by atoms with Crippen molar-refractivity contribution in [3.8, 4) is 0 Å². The van der Waals surface area contributed by atoms with E-state index in [1.54, 1.807) is 6.92 Å². The van der Waals surface area contributed by atoms with E-state index in [2.05, 4.69) is 15.5 Å². The molecule has 2 amide bonds. The van der Waals surface area contributed by atoms with Crippen LogP contribution in [0.2, 0.25) is 0 Å². The van der Waals surface area contributed by atoms with Crippen LogP contribution >= 0.6 is 0 Å². The number of aromatic nitrogens is 2. The minimum Gasteiger partial charge on any atom is -0.466 e. The molecular weight excluding hydrogens is 312 g/mol. The number of rotatable bonds is 8. The van der Waals surface area contributed by atoms with E-state index in [4.69, 9.17) is 4.74 Å². The summed E-state index contributed by atoms with van der Waals surface area (Å²) in [6.45, 7) is 4.16. The molecular formula is C12H20N4O5S. The van der Waals surface area contributed by atoms with Crippen molar-refractivity contribution in [2.45, 2.75) is 38.1 Å². The van der Waals surface area contributed by atoms with Crippen LogP contribution in [0.5, 0.6) is 0 Å². The van der Waals surface area contributed by atoms with E-state index in [-0.39, 0.29) is 23.6 Å². The largest absolute Gasteiger partial charge is 0.466 e. The predicted molar refractivity (Wildman–Crippen MR) is 77.6 cm³/mol. The predicted octanol–water partition coefficient (Wildman–Crippen LogP) is 0.303. The summed E-state index contributed by atoms with van der Waals surface area (Å²) in [5.74, 6) is -0.576. The van der Waals surface area contributed by atoms with Gasteiger partial charge in [-0.3, -0.25) is 9.89 Å². The maximum atomic E-state index is 12.1. The van der Waals surface area contributed by atoms with Gasteiger partial charge in [0, 0.05) is 12.1 Å². The number of aromatic amines is 1. The number of nitrogens with one attached hydrogen (secondary N) is 3. The Morgan fingerprint density at radius 3 is 2.73 bits per heavy atom. The lowest BCUT2D eigenvalue weighted by Gasteiger charge is -2.08. The molecule has 0 bridgehead atoms. The smallest absolute Gasteiger partial charge is 0.328 e. The van der Waals surface area contributed by atoms with Crippen LogP contribution in [0.25, 0.3) is 0 Å². The standard InChI is InChI=1S/C12H20N4O5S/c1-3-5-6-13-12(18)16-22(19,20)11-9(8-14-15-11)7-10(17)21-4-2/h8H,3-7H2,1-2H3,(H,14,15)(H2,13,16,18). The number of urea groups is 1. The monoisotopic (exact) mass is 332 g/mol. The summed E-state index contributed by atoms with van der Waals surface area (Å²) in [6.07, 6.45) is 2.57. The quantitative estimate of drug-likeness (QED) is 0.464. The third-order valence-electron chi connectivity index (χ3n) is 2.63. The second-order valence-corrected chi connectivity index (χ2v) is 6.04. The van der Waals surface area contributed by atoms with Crippen molar-refractivity contribution < 1.29 is 22.7 Å². The highest BCUT2D eigenvalue weighted by atomic mass is 32.2. The van der Waals surface area contributed by atoms with E-state index < -0.39 is 22.0 Å². The number of carbonyl (C=O) groups is 2. The molecule has 3 N–H and O–H groups in total. The lowest BCUT2D eigenvalue weighted by Crippen LogP contribution is -2.40. The second kappa shape index (κ2) is 8.37. The summed E-state index contributed by atoms with van der Waals surface area (Å²) in [6, 6.07) is -0.829. The van der Waals surface area contributed by atoms with Crippen molar-refractivity contribution in [1.82, 2.24) is 20.2 Å². The molecule has 0 unspecified atom stereocenters. The fourth-order valence-electron chi connectivity index (χ4n) is 1.61. The Hall–Kier alpha value is -2.10. The van der Waals surface area contributed by atoms with E-state index in [1.165, 1.54) is 6.20 Å². The van der Waals surface area contributed by atoms with E-state index in [0.717, 1.165) is 12.8 Å². The number of carbonyl (C=O) groups excluding carboxylic acids is 2. The molecule has 10 heteroatoms. The molecule has 0 aliphatic carbocycles. The number of unbranched alkanes of at least 4 members (excludes halogenated alkanes) is 1. The molecule has 0 aliphatic heterocycles. The van der Waals surface area contributed by atoms with Crippen LogP contribution in [0.4, 0.5) is 4.79 Å². The number of H-pyrrole nitrogens is 1. The second-order valence-electron chi connectivity index (χ2n) is 4.42. The first kappa shape index (κ1) is 18.0. The molecule has 1 aromatic rings. The number of esters is 1. The van der Waals surface area contributed by atoms with Gasteiger partial charge in [0.05, 0.1) is 19.2 Å². The molecule has 0 saturated heterocycles. The van der Waals surface area contributed by atoms with Crippen LogP contribution < -0.4 is 10.0 Å². The maximum Gasteiger partial charge on any atom is 0.328 e. The highest BCUT2D eigenvalue weighted by Crippen LogP contribution is 2.12. The van der Waals surface area contributed by atoms with Crippen molar-refractivity contribution in [3.63, 3.8) is 0 Å². The molecule has 22 heavy (non-hydrogen) atoms. The minimum absolute atomic E-state index is 0.132. The summed E-state index contributed by atoms with van der Waals surface area (Å²) >= 11 is 0. The van der Waals surface area contributed by atoms with Gasteiger partial charge in [0.15, 0.2) is 5.03 Å². The summed E-state index contributed by atoms with van der Waals surface area (Å²) in [5.41, 5.74) is 0.132. The number of amides is 2. The van der Waals surface area contributed by atoms with Crippen LogP contribution in [0.1, 0.15) is 32.3 Å². The number of nitrogens with zero attached hydrogens (tertiary/aromatic N) is 1. The van der Waals surface area contributed by atoms with Gasteiger partial charge in [0.1, 0.15) is 0 Å². The first-order chi connectivity index (χ1) is 10.4. The van der Waals surface area contributed by atoms with Gasteiger partial charge in [-0.25, -0.2) is 9.52 Å². The zero-order chi connectivity index (χ0) is 16.6. The average Bonchev–Trinajstić information content (AvgIpc) is 2.87.